The van der Waals surface area contributed by atoms with Crippen LogP contribution in [0.4, 0.5) is 0 Å². The van der Waals surface area contributed by atoms with Gasteiger partial charge >= 0.3 is 0 Å². The Morgan fingerprint density at radius 2 is 2.10 bits per heavy atom. The highest BCUT2D eigenvalue weighted by Crippen LogP contribution is 2.43. The van der Waals surface area contributed by atoms with Crippen LogP contribution in [0.3, 0.4) is 0 Å². The van der Waals surface area contributed by atoms with Crippen molar-refractivity contribution in [3.63, 3.8) is 0 Å². The van der Waals surface area contributed by atoms with Crippen molar-refractivity contribution >= 4 is 17.2 Å². The number of nitrogens with zero attached hydrogens (tertiary/aromatic N) is 3. The second-order valence-electron chi connectivity index (χ2n) is 6.19. The van der Waals surface area contributed by atoms with E-state index in [-0.39, 0.29) is 5.91 Å². The number of carbonyl (C=O) groups is 1. The fraction of sp³-hybridized carbons (Fsp3) is 0.733. The lowest BCUT2D eigenvalue weighted by Crippen LogP contribution is -2.46. The lowest BCUT2D eigenvalue weighted by Gasteiger charge is -2.27. The normalized spacial score (nSPS) is 19.3. The molecule has 0 atom stereocenters. The van der Waals surface area contributed by atoms with Crippen LogP contribution < -0.4 is 5.32 Å². The fourth-order valence-electron chi connectivity index (χ4n) is 2.60. The van der Waals surface area contributed by atoms with E-state index in [1.165, 1.54) is 12.8 Å². The number of carbonyl (C=O) groups excluding carboxylic acids is 1. The standard InChI is InChI=1S/C15H24N4OS/c1-18(2)8-5-12-17-13(11-3-4-11)14(21-12)15(20)19-9-6-16-7-10-19/h11,16H,3-10H2,1-2H3. The zero-order valence-electron chi connectivity index (χ0n) is 12.9. The minimum absolute atomic E-state index is 0.201. The average molecular weight is 308 g/mol. The van der Waals surface area contributed by atoms with Gasteiger partial charge < -0.3 is 15.1 Å². The molecule has 1 aliphatic heterocycles. The van der Waals surface area contributed by atoms with Crippen LogP contribution in [0.25, 0.3) is 0 Å². The molecule has 2 aliphatic rings. The second kappa shape index (κ2) is 6.42. The van der Waals surface area contributed by atoms with Crippen molar-refractivity contribution in [3.8, 4) is 0 Å². The largest absolute Gasteiger partial charge is 0.335 e. The van der Waals surface area contributed by atoms with Crippen LogP contribution in [-0.2, 0) is 6.42 Å². The summed E-state index contributed by atoms with van der Waals surface area (Å²) in [7, 11) is 4.14. The molecule has 1 amide bonds. The quantitative estimate of drug-likeness (QED) is 0.887. The number of piperazine rings is 1. The van der Waals surface area contributed by atoms with E-state index in [2.05, 4.69) is 24.3 Å². The fourth-order valence-corrected chi connectivity index (χ4v) is 3.71. The van der Waals surface area contributed by atoms with Crippen LogP contribution in [0.1, 0.15) is 39.1 Å². The summed E-state index contributed by atoms with van der Waals surface area (Å²) in [6, 6.07) is 0. The first-order valence-corrected chi connectivity index (χ1v) is 8.61. The molecule has 1 aromatic heterocycles. The third-order valence-corrected chi connectivity index (χ3v) is 5.15. The van der Waals surface area contributed by atoms with Gasteiger partial charge in [-0.3, -0.25) is 4.79 Å². The third-order valence-electron chi connectivity index (χ3n) is 4.03. The minimum atomic E-state index is 0.201. The highest BCUT2D eigenvalue weighted by molar-refractivity contribution is 7.13. The zero-order chi connectivity index (χ0) is 14.8. The van der Waals surface area contributed by atoms with Gasteiger partial charge in [0.1, 0.15) is 4.88 Å². The number of thiazole rings is 1. The van der Waals surface area contributed by atoms with Crippen molar-refractivity contribution in [1.82, 2.24) is 20.1 Å². The zero-order valence-corrected chi connectivity index (χ0v) is 13.7. The Balaban J connectivity index is 1.77. The molecule has 1 aliphatic carbocycles. The van der Waals surface area contributed by atoms with Gasteiger partial charge in [-0.25, -0.2) is 4.98 Å². The first-order valence-electron chi connectivity index (χ1n) is 7.79. The summed E-state index contributed by atoms with van der Waals surface area (Å²) in [5, 5.41) is 4.41. The SMILES string of the molecule is CN(C)CCc1nc(C2CC2)c(C(=O)N2CCNCC2)s1. The summed E-state index contributed by atoms with van der Waals surface area (Å²) in [6.07, 6.45) is 3.32. The maximum atomic E-state index is 12.8. The van der Waals surface area contributed by atoms with E-state index < -0.39 is 0 Å². The lowest BCUT2D eigenvalue weighted by molar-refractivity contribution is 0.0739. The molecule has 21 heavy (non-hydrogen) atoms. The maximum Gasteiger partial charge on any atom is 0.265 e. The molecular weight excluding hydrogens is 284 g/mol. The molecule has 116 valence electrons. The Hall–Kier alpha value is -0.980. The molecule has 0 aromatic carbocycles. The van der Waals surface area contributed by atoms with Gasteiger partial charge in [0, 0.05) is 45.1 Å². The summed E-state index contributed by atoms with van der Waals surface area (Å²) in [5.41, 5.74) is 1.08. The van der Waals surface area contributed by atoms with Crippen LogP contribution in [-0.4, -0.2) is 67.5 Å². The predicted molar refractivity (Wildman–Crippen MR) is 85.1 cm³/mol. The molecule has 1 N–H and O–H groups in total. The van der Waals surface area contributed by atoms with E-state index in [1.54, 1.807) is 11.3 Å². The number of amides is 1. The van der Waals surface area contributed by atoms with E-state index in [9.17, 15) is 4.79 Å². The second-order valence-corrected chi connectivity index (χ2v) is 7.28. The molecule has 1 saturated heterocycles. The Morgan fingerprint density at radius 3 is 2.71 bits per heavy atom. The number of likely N-dealkylation sites (N-methyl/N-ethyl adjacent to an activating group) is 1. The van der Waals surface area contributed by atoms with Crippen LogP contribution in [0.5, 0.6) is 0 Å². The number of hydrogen-bond donors (Lipinski definition) is 1. The van der Waals surface area contributed by atoms with E-state index in [0.29, 0.717) is 5.92 Å². The van der Waals surface area contributed by atoms with Crippen LogP contribution in [0.15, 0.2) is 0 Å². The molecule has 2 fully saturated rings. The van der Waals surface area contributed by atoms with Gasteiger partial charge in [-0.05, 0) is 26.9 Å². The number of aromatic nitrogens is 1. The highest BCUT2D eigenvalue weighted by Gasteiger charge is 2.33. The van der Waals surface area contributed by atoms with Crippen molar-refractivity contribution in [2.24, 2.45) is 0 Å². The van der Waals surface area contributed by atoms with Crippen molar-refractivity contribution in [2.75, 3.05) is 46.8 Å². The Labute approximate surface area is 130 Å². The summed E-state index contributed by atoms with van der Waals surface area (Å²) in [4.78, 5) is 22.6. The monoisotopic (exact) mass is 308 g/mol. The number of rotatable bonds is 5. The first-order chi connectivity index (χ1) is 10.1. The summed E-state index contributed by atoms with van der Waals surface area (Å²) in [5.74, 6) is 0.739. The molecule has 0 radical (unpaired) electrons. The van der Waals surface area contributed by atoms with Crippen LogP contribution in [0, 0.1) is 0 Å². The van der Waals surface area contributed by atoms with E-state index >= 15 is 0 Å². The Kier molecular flexibility index (Phi) is 4.57. The molecule has 5 nitrogen and oxygen atoms in total. The molecule has 6 heteroatoms. The molecule has 1 aromatic rings. The van der Waals surface area contributed by atoms with Gasteiger partial charge in [-0.15, -0.1) is 11.3 Å². The van der Waals surface area contributed by atoms with Crippen molar-refractivity contribution in [2.45, 2.75) is 25.2 Å². The third kappa shape index (κ3) is 3.62. The van der Waals surface area contributed by atoms with Crippen LogP contribution in [0.2, 0.25) is 0 Å². The maximum absolute atomic E-state index is 12.8. The average Bonchev–Trinajstić information content (AvgIpc) is 3.25. The van der Waals surface area contributed by atoms with Gasteiger partial charge in [-0.2, -0.15) is 0 Å². The lowest BCUT2D eigenvalue weighted by atomic mass is 10.2. The van der Waals surface area contributed by atoms with E-state index in [1.807, 2.05) is 4.90 Å². The molecule has 0 unspecified atom stereocenters. The van der Waals surface area contributed by atoms with Gasteiger partial charge in [0.15, 0.2) is 0 Å². The van der Waals surface area contributed by atoms with Crippen molar-refractivity contribution in [3.05, 3.63) is 15.6 Å². The van der Waals surface area contributed by atoms with Gasteiger partial charge in [-0.1, -0.05) is 0 Å². The molecule has 1 saturated carbocycles. The van der Waals surface area contributed by atoms with Crippen molar-refractivity contribution < 1.29 is 4.79 Å². The highest BCUT2D eigenvalue weighted by atomic mass is 32.1. The van der Waals surface area contributed by atoms with Gasteiger partial charge in [0.05, 0.1) is 10.7 Å². The first kappa shape index (κ1) is 14.9. The van der Waals surface area contributed by atoms with Gasteiger partial charge in [0.25, 0.3) is 5.91 Å². The minimum Gasteiger partial charge on any atom is -0.335 e. The van der Waals surface area contributed by atoms with Gasteiger partial charge in [0.2, 0.25) is 0 Å². The van der Waals surface area contributed by atoms with E-state index in [4.69, 9.17) is 4.98 Å². The topological polar surface area (TPSA) is 48.5 Å². The smallest absolute Gasteiger partial charge is 0.265 e. The van der Waals surface area contributed by atoms with Crippen molar-refractivity contribution in [1.29, 1.82) is 0 Å². The van der Waals surface area contributed by atoms with Crippen LogP contribution >= 0.6 is 11.3 Å². The Morgan fingerprint density at radius 1 is 1.38 bits per heavy atom. The summed E-state index contributed by atoms with van der Waals surface area (Å²) < 4.78 is 0. The Bertz CT molecular complexity index is 504. The number of nitrogens with one attached hydrogen (secondary N) is 1. The number of hydrogen-bond acceptors (Lipinski definition) is 5. The molecule has 3 rings (SSSR count). The van der Waals surface area contributed by atoms with E-state index in [0.717, 1.165) is 54.7 Å². The predicted octanol–water partition coefficient (Wildman–Crippen LogP) is 1.17. The molecule has 0 bridgehead atoms. The summed E-state index contributed by atoms with van der Waals surface area (Å²) >= 11 is 1.62. The summed E-state index contributed by atoms with van der Waals surface area (Å²) in [6.45, 7) is 4.41. The molecular formula is C15H24N4OS. The molecule has 0 spiro atoms. The molecule has 2 heterocycles.